The van der Waals surface area contributed by atoms with Crippen LogP contribution < -0.4 is 11.1 Å². The van der Waals surface area contributed by atoms with E-state index in [2.05, 4.69) is 50.4 Å². The molecular formula is C30H31N7O. The molecule has 3 N–H and O–H groups in total. The van der Waals surface area contributed by atoms with Crippen LogP contribution in [0.15, 0.2) is 83.3 Å². The fraction of sp³-hybridized carbons (Fsp3) is 0.333. The maximum atomic E-state index is 12.8. The van der Waals surface area contributed by atoms with Gasteiger partial charge in [-0.3, -0.25) is 9.79 Å². The Labute approximate surface area is 223 Å². The third-order valence-corrected chi connectivity index (χ3v) is 8.33. The zero-order valence-electron chi connectivity index (χ0n) is 21.6. The minimum absolute atomic E-state index is 0.210. The van der Waals surface area contributed by atoms with Gasteiger partial charge in [0, 0.05) is 42.2 Å². The van der Waals surface area contributed by atoms with Crippen molar-refractivity contribution < 1.29 is 4.79 Å². The summed E-state index contributed by atoms with van der Waals surface area (Å²) < 4.78 is 0. The summed E-state index contributed by atoms with van der Waals surface area (Å²) in [6.45, 7) is 8.21. The highest BCUT2D eigenvalue weighted by Gasteiger charge is 2.57. The molecule has 6 rings (SSSR count). The van der Waals surface area contributed by atoms with Gasteiger partial charge in [0.05, 0.1) is 5.70 Å². The second-order valence-electron chi connectivity index (χ2n) is 10.4. The van der Waals surface area contributed by atoms with Crippen molar-refractivity contribution in [2.24, 2.45) is 21.6 Å². The van der Waals surface area contributed by atoms with Crippen LogP contribution in [0.5, 0.6) is 0 Å². The number of hydrogen-bond acceptors (Lipinski definition) is 7. The molecule has 0 radical (unpaired) electrons. The van der Waals surface area contributed by atoms with E-state index in [0.29, 0.717) is 29.3 Å². The molecule has 2 fully saturated rings. The van der Waals surface area contributed by atoms with E-state index < -0.39 is 5.54 Å². The normalized spacial score (nSPS) is 28.8. The van der Waals surface area contributed by atoms with Gasteiger partial charge in [-0.15, -0.1) is 0 Å². The van der Waals surface area contributed by atoms with E-state index in [1.165, 1.54) is 0 Å². The van der Waals surface area contributed by atoms with Crippen molar-refractivity contribution >= 4 is 23.4 Å². The maximum Gasteiger partial charge on any atom is 0.256 e. The molecule has 38 heavy (non-hydrogen) atoms. The number of aliphatic imine (C=N–C) groups is 2. The minimum Gasteiger partial charge on any atom is -0.385 e. The lowest BCUT2D eigenvalue weighted by molar-refractivity contribution is 0.102. The van der Waals surface area contributed by atoms with E-state index in [0.717, 1.165) is 36.4 Å². The number of benzene rings is 1. The van der Waals surface area contributed by atoms with Gasteiger partial charge in [-0.05, 0) is 62.9 Å². The number of hydrogen-bond donors (Lipinski definition) is 2. The Morgan fingerprint density at radius 3 is 2.76 bits per heavy atom. The van der Waals surface area contributed by atoms with E-state index in [9.17, 15) is 4.79 Å². The maximum absolute atomic E-state index is 12.8. The van der Waals surface area contributed by atoms with Crippen LogP contribution in [0.1, 0.15) is 55.1 Å². The van der Waals surface area contributed by atoms with E-state index >= 15 is 0 Å². The number of aromatic nitrogens is 1. The number of carbonyl (C=O) groups excluding carboxylic acids is 1. The minimum atomic E-state index is -0.630. The summed E-state index contributed by atoms with van der Waals surface area (Å²) in [5.41, 5.74) is 8.37. The lowest BCUT2D eigenvalue weighted by Gasteiger charge is -2.41. The standard InChI is InChI=1S/C30H31N7O/c1-4-7-19(2)37-22-13-14-24(37)23(18-22)27-35-26(30(3)29(31)33-16-17-36(27)30)20-9-11-21(12-10-20)28(38)34-25-8-5-6-15-32-25/h5-6,8-12,15-17,22-24,26H,2,13-14,18H2,1,3H3,(H2,31,33)(H,32,34,38). The fourth-order valence-electron chi connectivity index (χ4n) is 6.51. The SMILES string of the molecule is C=C(C#CC)N1C2CCC1C(C1=NC(c3ccc(C(=O)Nc4ccccn4)cc3)C3(C)C(N)=NC=CN13)C2. The Bertz CT molecular complexity index is 1430. The van der Waals surface area contributed by atoms with Gasteiger partial charge in [-0.1, -0.05) is 36.6 Å². The Morgan fingerprint density at radius 1 is 1.21 bits per heavy atom. The number of anilines is 1. The highest BCUT2D eigenvalue weighted by atomic mass is 16.1. The Morgan fingerprint density at radius 2 is 2.03 bits per heavy atom. The number of amidine groups is 2. The molecular weight excluding hydrogens is 474 g/mol. The van der Waals surface area contributed by atoms with Crippen LogP contribution in [0.3, 0.4) is 0 Å². The quantitative estimate of drug-likeness (QED) is 0.597. The Balaban J connectivity index is 1.30. The molecule has 5 atom stereocenters. The zero-order chi connectivity index (χ0) is 26.4. The number of amides is 1. The first-order chi connectivity index (χ1) is 18.4. The van der Waals surface area contributed by atoms with Crippen LogP contribution in [-0.2, 0) is 0 Å². The predicted molar refractivity (Wildman–Crippen MR) is 149 cm³/mol. The molecule has 5 heterocycles. The molecule has 0 spiro atoms. The average molecular weight is 506 g/mol. The van der Waals surface area contributed by atoms with Crippen molar-refractivity contribution in [1.29, 1.82) is 0 Å². The monoisotopic (exact) mass is 505 g/mol. The number of nitrogens with one attached hydrogen (secondary N) is 1. The van der Waals surface area contributed by atoms with Gasteiger partial charge in [0.1, 0.15) is 29.1 Å². The molecule has 2 bridgehead atoms. The van der Waals surface area contributed by atoms with Gasteiger partial charge in [0.2, 0.25) is 0 Å². The predicted octanol–water partition coefficient (Wildman–Crippen LogP) is 4.08. The van der Waals surface area contributed by atoms with Gasteiger partial charge in [-0.25, -0.2) is 9.98 Å². The van der Waals surface area contributed by atoms with Crippen molar-refractivity contribution in [1.82, 2.24) is 14.8 Å². The third kappa shape index (κ3) is 3.69. The average Bonchev–Trinajstić information content (AvgIpc) is 3.60. The number of allylic oxidation sites excluding steroid dienone is 1. The number of fused-ring (bicyclic) bond motifs is 3. The highest BCUT2D eigenvalue weighted by Crippen LogP contribution is 2.50. The van der Waals surface area contributed by atoms with Crippen molar-refractivity contribution in [3.05, 3.63) is 84.5 Å². The number of nitrogens with two attached hydrogens (primary N) is 1. The molecule has 8 heteroatoms. The Kier molecular flexibility index (Phi) is 5.79. The van der Waals surface area contributed by atoms with Crippen LogP contribution in [0.2, 0.25) is 0 Å². The molecule has 8 nitrogen and oxygen atoms in total. The molecule has 4 aliphatic heterocycles. The lowest BCUT2D eigenvalue weighted by atomic mass is 9.84. The van der Waals surface area contributed by atoms with Crippen LogP contribution in [0.4, 0.5) is 5.82 Å². The molecule has 2 aromatic rings. The first-order valence-corrected chi connectivity index (χ1v) is 13.0. The first kappa shape index (κ1) is 24.0. The Hall–Kier alpha value is -4.38. The van der Waals surface area contributed by atoms with Crippen molar-refractivity contribution in [3.8, 4) is 11.8 Å². The molecule has 1 aromatic carbocycles. The van der Waals surface area contributed by atoms with E-state index in [1.54, 1.807) is 18.5 Å². The van der Waals surface area contributed by atoms with Gasteiger partial charge >= 0.3 is 0 Å². The largest absolute Gasteiger partial charge is 0.385 e. The van der Waals surface area contributed by atoms with E-state index in [4.69, 9.17) is 10.7 Å². The van der Waals surface area contributed by atoms with Crippen molar-refractivity contribution in [2.45, 2.75) is 56.8 Å². The van der Waals surface area contributed by atoms with Crippen LogP contribution in [0, 0.1) is 17.8 Å². The van der Waals surface area contributed by atoms with Crippen LogP contribution >= 0.6 is 0 Å². The summed E-state index contributed by atoms with van der Waals surface area (Å²) in [5, 5.41) is 2.83. The summed E-state index contributed by atoms with van der Waals surface area (Å²) in [6.07, 6.45) is 8.67. The van der Waals surface area contributed by atoms with Crippen LogP contribution in [-0.4, -0.2) is 50.0 Å². The number of nitrogens with zero attached hydrogens (tertiary/aromatic N) is 5. The summed E-state index contributed by atoms with van der Waals surface area (Å²) in [7, 11) is 0. The topological polar surface area (TPSA) is 99.2 Å². The number of rotatable bonds is 5. The highest BCUT2D eigenvalue weighted by molar-refractivity contribution is 6.04. The third-order valence-electron chi connectivity index (χ3n) is 8.33. The van der Waals surface area contributed by atoms with E-state index in [1.807, 2.05) is 49.5 Å². The van der Waals surface area contributed by atoms with Gasteiger partial charge in [0.25, 0.3) is 5.91 Å². The van der Waals surface area contributed by atoms with Crippen LogP contribution in [0.25, 0.3) is 0 Å². The molecule has 0 saturated carbocycles. The summed E-state index contributed by atoms with van der Waals surface area (Å²) in [6, 6.07) is 13.5. The molecule has 4 aliphatic rings. The van der Waals surface area contributed by atoms with E-state index in [-0.39, 0.29) is 17.9 Å². The van der Waals surface area contributed by atoms with Gasteiger partial charge in [-0.2, -0.15) is 0 Å². The second kappa shape index (κ2) is 9.18. The molecule has 192 valence electrons. The molecule has 1 aromatic heterocycles. The first-order valence-electron chi connectivity index (χ1n) is 13.0. The summed E-state index contributed by atoms with van der Waals surface area (Å²) in [4.78, 5) is 31.4. The lowest BCUT2D eigenvalue weighted by Crippen LogP contribution is -2.57. The molecule has 0 aliphatic carbocycles. The van der Waals surface area contributed by atoms with Gasteiger partial charge in [0.15, 0.2) is 0 Å². The molecule has 5 unspecified atom stereocenters. The molecule has 1 amide bonds. The summed E-state index contributed by atoms with van der Waals surface area (Å²) in [5.74, 6) is 8.30. The zero-order valence-corrected chi connectivity index (χ0v) is 21.6. The number of pyridine rings is 1. The van der Waals surface area contributed by atoms with Crippen molar-refractivity contribution in [3.63, 3.8) is 0 Å². The number of carbonyl (C=O) groups is 1. The second-order valence-corrected chi connectivity index (χ2v) is 10.4. The fourth-order valence-corrected chi connectivity index (χ4v) is 6.51. The van der Waals surface area contributed by atoms with Gasteiger partial charge < -0.3 is 20.9 Å². The van der Waals surface area contributed by atoms with Crippen molar-refractivity contribution in [2.75, 3.05) is 5.32 Å². The molecule has 2 saturated heterocycles. The smallest absolute Gasteiger partial charge is 0.256 e. The summed E-state index contributed by atoms with van der Waals surface area (Å²) >= 11 is 0.